The standard InChI is InChI=1S/C23H28N4/c1-14(2)19-12-20(16(4)10-15(19)3)23-26-25-22-7-5-6-18-11-17(13-24)8-9-21(18)27(22)23/h8-12,14H,5-7,13,24H2,1-4H3. The first-order valence-corrected chi connectivity index (χ1v) is 9.87. The van der Waals surface area contributed by atoms with Crippen LogP contribution in [0.3, 0.4) is 0 Å². The molecule has 2 heterocycles. The Morgan fingerprint density at radius 3 is 2.59 bits per heavy atom. The Morgan fingerprint density at radius 2 is 1.85 bits per heavy atom. The number of nitrogens with zero attached hydrogens (tertiary/aromatic N) is 3. The lowest BCUT2D eigenvalue weighted by atomic mass is 9.92. The third-order valence-corrected chi connectivity index (χ3v) is 5.67. The van der Waals surface area contributed by atoms with E-state index in [1.807, 2.05) is 0 Å². The first kappa shape index (κ1) is 17.9. The monoisotopic (exact) mass is 360 g/mol. The van der Waals surface area contributed by atoms with E-state index >= 15 is 0 Å². The van der Waals surface area contributed by atoms with Crippen molar-refractivity contribution in [1.29, 1.82) is 0 Å². The molecular formula is C23H28N4. The zero-order valence-electron chi connectivity index (χ0n) is 16.7. The van der Waals surface area contributed by atoms with Crippen molar-refractivity contribution in [1.82, 2.24) is 14.8 Å². The third-order valence-electron chi connectivity index (χ3n) is 5.67. The van der Waals surface area contributed by atoms with Gasteiger partial charge in [0.25, 0.3) is 0 Å². The van der Waals surface area contributed by atoms with E-state index in [9.17, 15) is 0 Å². The van der Waals surface area contributed by atoms with Crippen LogP contribution in [0.4, 0.5) is 0 Å². The summed E-state index contributed by atoms with van der Waals surface area (Å²) in [6, 6.07) is 11.1. The lowest BCUT2D eigenvalue weighted by Gasteiger charge is -2.17. The van der Waals surface area contributed by atoms with E-state index in [0.717, 1.165) is 30.9 Å². The Morgan fingerprint density at radius 1 is 1.04 bits per heavy atom. The molecule has 27 heavy (non-hydrogen) atoms. The van der Waals surface area contributed by atoms with Gasteiger partial charge in [-0.15, -0.1) is 10.2 Å². The van der Waals surface area contributed by atoms with Gasteiger partial charge in [0.15, 0.2) is 5.82 Å². The molecule has 1 aliphatic rings. The van der Waals surface area contributed by atoms with Crippen LogP contribution in [0.1, 0.15) is 59.8 Å². The Labute approximate surface area is 161 Å². The van der Waals surface area contributed by atoms with E-state index in [1.54, 1.807) is 0 Å². The highest BCUT2D eigenvalue weighted by atomic mass is 15.3. The smallest absolute Gasteiger partial charge is 0.168 e. The zero-order valence-corrected chi connectivity index (χ0v) is 16.7. The highest BCUT2D eigenvalue weighted by Crippen LogP contribution is 2.33. The molecule has 0 saturated carbocycles. The Kier molecular flexibility index (Phi) is 4.60. The molecule has 0 radical (unpaired) electrons. The normalized spacial score (nSPS) is 13.4. The number of aromatic nitrogens is 3. The van der Waals surface area contributed by atoms with Gasteiger partial charge in [-0.3, -0.25) is 4.57 Å². The summed E-state index contributed by atoms with van der Waals surface area (Å²) >= 11 is 0. The average Bonchev–Trinajstić information content (AvgIpc) is 2.96. The molecule has 2 aromatic carbocycles. The molecule has 0 bridgehead atoms. The Balaban J connectivity index is 1.94. The SMILES string of the molecule is Cc1cc(C)c(C(C)C)cc1-c1nnc2n1-c1ccc(CN)cc1CCC2. The van der Waals surface area contributed by atoms with Gasteiger partial charge >= 0.3 is 0 Å². The van der Waals surface area contributed by atoms with Crippen LogP contribution in [0, 0.1) is 13.8 Å². The van der Waals surface area contributed by atoms with Gasteiger partial charge in [-0.25, -0.2) is 0 Å². The molecule has 0 atom stereocenters. The van der Waals surface area contributed by atoms with Crippen molar-refractivity contribution < 1.29 is 0 Å². The number of nitrogens with two attached hydrogens (primary N) is 1. The molecule has 1 aromatic heterocycles. The molecule has 0 spiro atoms. The van der Waals surface area contributed by atoms with E-state index < -0.39 is 0 Å². The van der Waals surface area contributed by atoms with Crippen LogP contribution in [-0.2, 0) is 19.4 Å². The average molecular weight is 361 g/mol. The third kappa shape index (κ3) is 3.08. The first-order valence-electron chi connectivity index (χ1n) is 9.87. The second kappa shape index (κ2) is 6.93. The molecule has 2 N–H and O–H groups in total. The quantitative estimate of drug-likeness (QED) is 0.741. The summed E-state index contributed by atoms with van der Waals surface area (Å²) in [6.07, 6.45) is 3.08. The van der Waals surface area contributed by atoms with E-state index in [1.165, 1.54) is 39.1 Å². The minimum Gasteiger partial charge on any atom is -0.326 e. The van der Waals surface area contributed by atoms with Crippen molar-refractivity contribution in [3.63, 3.8) is 0 Å². The fourth-order valence-corrected chi connectivity index (χ4v) is 4.26. The second-order valence-corrected chi connectivity index (χ2v) is 7.97. The van der Waals surface area contributed by atoms with E-state index in [4.69, 9.17) is 5.73 Å². The van der Waals surface area contributed by atoms with Gasteiger partial charge in [0.2, 0.25) is 0 Å². The fourth-order valence-electron chi connectivity index (χ4n) is 4.26. The molecule has 4 rings (SSSR count). The molecule has 4 heteroatoms. The van der Waals surface area contributed by atoms with E-state index in [0.29, 0.717) is 12.5 Å². The zero-order chi connectivity index (χ0) is 19.1. The fraction of sp³-hybridized carbons (Fsp3) is 0.391. The number of hydrogen-bond donors (Lipinski definition) is 1. The number of aryl methyl sites for hydroxylation is 4. The molecule has 3 aromatic rings. The maximum Gasteiger partial charge on any atom is 0.168 e. The van der Waals surface area contributed by atoms with E-state index in [-0.39, 0.29) is 0 Å². The minimum atomic E-state index is 0.482. The highest BCUT2D eigenvalue weighted by Gasteiger charge is 2.22. The van der Waals surface area contributed by atoms with Crippen molar-refractivity contribution in [2.75, 3.05) is 0 Å². The van der Waals surface area contributed by atoms with Gasteiger partial charge in [0.1, 0.15) is 5.82 Å². The van der Waals surface area contributed by atoms with Gasteiger partial charge in [-0.2, -0.15) is 0 Å². The molecule has 0 unspecified atom stereocenters. The molecule has 0 saturated heterocycles. The van der Waals surface area contributed by atoms with Gasteiger partial charge in [-0.05, 0) is 72.6 Å². The maximum atomic E-state index is 5.87. The van der Waals surface area contributed by atoms with Gasteiger partial charge in [0, 0.05) is 18.5 Å². The molecular weight excluding hydrogens is 332 g/mol. The van der Waals surface area contributed by atoms with Gasteiger partial charge < -0.3 is 5.73 Å². The van der Waals surface area contributed by atoms with Crippen molar-refractivity contribution in [3.05, 3.63) is 64.0 Å². The van der Waals surface area contributed by atoms with Crippen molar-refractivity contribution in [3.8, 4) is 17.1 Å². The molecule has 0 aliphatic carbocycles. The summed E-state index contributed by atoms with van der Waals surface area (Å²) in [5.74, 6) is 2.48. The maximum absolute atomic E-state index is 5.87. The first-order chi connectivity index (χ1) is 13.0. The minimum absolute atomic E-state index is 0.482. The number of hydrogen-bond acceptors (Lipinski definition) is 3. The predicted molar refractivity (Wildman–Crippen MR) is 110 cm³/mol. The molecule has 140 valence electrons. The second-order valence-electron chi connectivity index (χ2n) is 7.97. The lowest BCUT2D eigenvalue weighted by Crippen LogP contribution is -2.06. The van der Waals surface area contributed by atoms with Crippen LogP contribution >= 0.6 is 0 Å². The molecule has 0 fully saturated rings. The number of fused-ring (bicyclic) bond motifs is 3. The van der Waals surface area contributed by atoms with E-state index in [2.05, 4.69) is 72.8 Å². The van der Waals surface area contributed by atoms with Gasteiger partial charge in [-0.1, -0.05) is 32.0 Å². The summed E-state index contributed by atoms with van der Waals surface area (Å²) < 4.78 is 2.27. The summed E-state index contributed by atoms with van der Waals surface area (Å²) in [6.45, 7) is 9.43. The summed E-state index contributed by atoms with van der Waals surface area (Å²) in [5, 5.41) is 9.19. The largest absolute Gasteiger partial charge is 0.326 e. The van der Waals surface area contributed by atoms with Crippen LogP contribution in [-0.4, -0.2) is 14.8 Å². The summed E-state index contributed by atoms with van der Waals surface area (Å²) in [5.41, 5.74) is 14.7. The van der Waals surface area contributed by atoms with Crippen molar-refractivity contribution >= 4 is 0 Å². The molecule has 1 aliphatic heterocycles. The Bertz CT molecular complexity index is 998. The summed E-state index contributed by atoms with van der Waals surface area (Å²) in [7, 11) is 0. The Hall–Kier alpha value is -2.46. The number of benzene rings is 2. The molecule has 4 nitrogen and oxygen atoms in total. The van der Waals surface area contributed by atoms with Crippen molar-refractivity contribution in [2.24, 2.45) is 5.73 Å². The van der Waals surface area contributed by atoms with Crippen molar-refractivity contribution in [2.45, 2.75) is 59.4 Å². The van der Waals surface area contributed by atoms with Crippen LogP contribution in [0.5, 0.6) is 0 Å². The lowest BCUT2D eigenvalue weighted by molar-refractivity contribution is 0.782. The topological polar surface area (TPSA) is 56.7 Å². The summed E-state index contributed by atoms with van der Waals surface area (Å²) in [4.78, 5) is 0. The molecule has 0 amide bonds. The predicted octanol–water partition coefficient (Wildman–Crippen LogP) is 4.62. The van der Waals surface area contributed by atoms with Crippen LogP contribution in [0.2, 0.25) is 0 Å². The van der Waals surface area contributed by atoms with Crippen LogP contribution in [0.15, 0.2) is 30.3 Å². The number of rotatable bonds is 3. The highest BCUT2D eigenvalue weighted by molar-refractivity contribution is 5.66. The van der Waals surface area contributed by atoms with Crippen LogP contribution in [0.25, 0.3) is 17.1 Å². The van der Waals surface area contributed by atoms with Crippen LogP contribution < -0.4 is 5.73 Å². The van der Waals surface area contributed by atoms with Gasteiger partial charge in [0.05, 0.1) is 5.69 Å².